The smallest absolute Gasteiger partial charge is 0.328 e. The number of primary amides is 1. The van der Waals surface area contributed by atoms with Crippen molar-refractivity contribution in [2.45, 2.75) is 127 Å². The number of aliphatic carboxylic acids is 1. The zero-order valence-electron chi connectivity index (χ0n) is 43.0. The molecule has 0 heterocycles. The summed E-state index contributed by atoms with van der Waals surface area (Å²) >= 11 is 0. The summed E-state index contributed by atoms with van der Waals surface area (Å²) in [5.41, 5.74) is 34.4. The minimum absolute atomic E-state index is 0.0102. The number of carboxylic acid groups (broad SMARTS) is 1. The predicted octanol–water partition coefficient (Wildman–Crippen LogP) is -4.63. The Labute approximate surface area is 439 Å². The highest BCUT2D eigenvalue weighted by Gasteiger charge is 2.36. The van der Waals surface area contributed by atoms with Crippen LogP contribution in [0.25, 0.3) is 0 Å². The van der Waals surface area contributed by atoms with Crippen LogP contribution in [0.2, 0.25) is 0 Å². The molecule has 0 aromatic heterocycles. The van der Waals surface area contributed by atoms with Crippen LogP contribution < -0.4 is 71.6 Å². The molecule has 0 spiro atoms. The van der Waals surface area contributed by atoms with E-state index in [1.807, 2.05) is 0 Å². The first-order valence-corrected chi connectivity index (χ1v) is 24.4. The van der Waals surface area contributed by atoms with Gasteiger partial charge >= 0.3 is 5.97 Å². The first-order valence-electron chi connectivity index (χ1n) is 24.4. The molecule has 0 saturated heterocycles. The molecular formula is C48H75N15O13. The molecule has 0 radical (unpaired) electrons. The van der Waals surface area contributed by atoms with Gasteiger partial charge in [0.25, 0.3) is 0 Å². The summed E-state index contributed by atoms with van der Waals surface area (Å²) < 4.78 is 0. The van der Waals surface area contributed by atoms with Gasteiger partial charge < -0.3 is 92.0 Å². The molecule has 0 aliphatic heterocycles. The van der Waals surface area contributed by atoms with Crippen molar-refractivity contribution < 1.29 is 63.6 Å². The average molecular weight is 1070 g/mol. The number of benzene rings is 2. The Bertz CT molecular complexity index is 2340. The van der Waals surface area contributed by atoms with Crippen molar-refractivity contribution in [2.24, 2.45) is 56.2 Å². The Balaban J connectivity index is 2.51. The highest BCUT2D eigenvalue weighted by atomic mass is 16.4. The molecule has 23 N–H and O–H groups in total. The van der Waals surface area contributed by atoms with Crippen LogP contribution in [0, 0.1) is 11.8 Å². The van der Waals surface area contributed by atoms with Crippen molar-refractivity contribution in [3.05, 3.63) is 59.7 Å². The predicted molar refractivity (Wildman–Crippen MR) is 278 cm³/mol. The van der Waals surface area contributed by atoms with E-state index in [-0.39, 0.29) is 87.4 Å². The number of hydrogen-bond acceptors (Lipinski definition) is 15. The van der Waals surface area contributed by atoms with Crippen LogP contribution in [-0.4, -0.2) is 154 Å². The Morgan fingerprint density at radius 1 is 0.513 bits per heavy atom. The number of phenols is 2. The van der Waals surface area contributed by atoms with Gasteiger partial charge in [-0.05, 0) is 85.8 Å². The van der Waals surface area contributed by atoms with E-state index in [9.17, 15) is 63.6 Å². The number of nitrogens with one attached hydrogen (secondary N) is 7. The number of aliphatic hydroxyl groups excluding tert-OH is 1. The topological polar surface area (TPSA) is 500 Å². The molecule has 2 rings (SSSR count). The molecule has 2 aromatic rings. The average Bonchev–Trinajstić information content (AvgIpc) is 3.33. The van der Waals surface area contributed by atoms with Gasteiger partial charge in [0.1, 0.15) is 53.8 Å². The number of nitrogens with zero attached hydrogens (tertiary/aromatic N) is 2. The van der Waals surface area contributed by atoms with Crippen molar-refractivity contribution in [3.63, 3.8) is 0 Å². The first kappa shape index (κ1) is 63.8. The van der Waals surface area contributed by atoms with Crippen LogP contribution in [-0.2, 0) is 56.0 Å². The molecular weight excluding hydrogens is 995 g/mol. The fraction of sp³-hybridized carbons (Fsp3) is 0.521. The lowest BCUT2D eigenvalue weighted by Crippen LogP contribution is -2.61. The molecule has 8 amide bonds. The number of carbonyl (C=O) groups excluding carboxylic acids is 8. The van der Waals surface area contributed by atoms with Crippen molar-refractivity contribution in [2.75, 3.05) is 19.7 Å². The van der Waals surface area contributed by atoms with Gasteiger partial charge in [0, 0.05) is 19.5 Å². The fourth-order valence-corrected chi connectivity index (χ4v) is 7.32. The Morgan fingerprint density at radius 2 is 0.908 bits per heavy atom. The molecule has 0 aliphatic carbocycles. The molecule has 2 aromatic carbocycles. The Kier molecular flexibility index (Phi) is 27.0. The summed E-state index contributed by atoms with van der Waals surface area (Å²) in [7, 11) is 0. The van der Waals surface area contributed by atoms with Crippen LogP contribution in [0.4, 0.5) is 0 Å². The zero-order valence-corrected chi connectivity index (χ0v) is 43.0. The summed E-state index contributed by atoms with van der Waals surface area (Å²) in [6.45, 7) is 5.68. The molecule has 0 saturated carbocycles. The maximum Gasteiger partial charge on any atom is 0.328 e. The standard InChI is InChI=1S/C48H75N15O13/c1-24(2)19-33(60-44(73)35(22-37(50)67)59-39(68)30(49)20-26-9-13-28(65)14-10-26)42(71)61-34(21-27-11-15-29(66)16-12-27)43(72)57-32(8-6-18-56-48(53)54)41(70)63-38(25(3)4)45(74)58-31(7-5-17-55-47(51)52)40(69)62-36(23-64)46(75)76/h9-16,24-25,30-36,38,64-66H,5-8,17-23,49H2,1-4H3,(H2,50,67)(H,57,72)(H,58,74)(H,59,68)(H,60,73)(H,61,71)(H,62,69)(H,63,70)(H,75,76)(H4,51,52,55)(H4,53,54,56)/t30-,31-,32-,33-,34-,35-,36-,38-/m0/s1. The molecule has 28 heteroatoms. The third-order valence-electron chi connectivity index (χ3n) is 11.3. The molecule has 8 atom stereocenters. The molecule has 0 fully saturated rings. The van der Waals surface area contributed by atoms with Crippen LogP contribution in [0.1, 0.15) is 77.3 Å². The summed E-state index contributed by atoms with van der Waals surface area (Å²) in [4.78, 5) is 129. The molecule has 28 nitrogen and oxygen atoms in total. The first-order chi connectivity index (χ1) is 35.7. The number of phenolic OH excluding ortho intramolecular Hbond substituents is 2. The third-order valence-corrected chi connectivity index (χ3v) is 11.3. The number of aromatic hydroxyl groups is 2. The molecule has 76 heavy (non-hydrogen) atoms. The monoisotopic (exact) mass is 1070 g/mol. The lowest BCUT2D eigenvalue weighted by atomic mass is 9.99. The van der Waals surface area contributed by atoms with Crippen LogP contribution >= 0.6 is 0 Å². The number of carbonyl (C=O) groups is 9. The van der Waals surface area contributed by atoms with Gasteiger partial charge in [0.05, 0.1) is 19.1 Å². The fourth-order valence-electron chi connectivity index (χ4n) is 7.32. The van der Waals surface area contributed by atoms with E-state index in [1.165, 1.54) is 36.4 Å². The van der Waals surface area contributed by atoms with E-state index in [2.05, 4.69) is 47.2 Å². The molecule has 0 unspecified atom stereocenters. The molecule has 420 valence electrons. The van der Waals surface area contributed by atoms with E-state index in [4.69, 9.17) is 34.4 Å². The normalized spacial score (nSPS) is 14.2. The molecule has 0 aliphatic rings. The van der Waals surface area contributed by atoms with E-state index < -0.39 is 121 Å². The largest absolute Gasteiger partial charge is 0.508 e. The number of guanidine groups is 2. The van der Waals surface area contributed by atoms with Crippen LogP contribution in [0.3, 0.4) is 0 Å². The van der Waals surface area contributed by atoms with Gasteiger partial charge in [-0.1, -0.05) is 52.0 Å². The van der Waals surface area contributed by atoms with E-state index >= 15 is 0 Å². The second kappa shape index (κ2) is 32.1. The summed E-state index contributed by atoms with van der Waals surface area (Å²) in [6.07, 6.45) is -1.03. The summed E-state index contributed by atoms with van der Waals surface area (Å²) in [5.74, 6) is -10.5. The van der Waals surface area contributed by atoms with Gasteiger partial charge in [-0.25, -0.2) is 4.79 Å². The SMILES string of the molecule is CC(C)C[C@H](NC(=O)[C@H](CC(N)=O)NC(=O)[C@@H](N)Cc1ccc(O)cc1)C(=O)N[C@@H](Cc1ccc(O)cc1)C(=O)N[C@@H](CCCN=C(N)N)C(=O)N[C@H](C(=O)N[C@@H](CCCN=C(N)N)C(=O)N[C@@H](CO)C(=O)O)C(C)C. The Hall–Kier alpha value is -8.27. The van der Waals surface area contributed by atoms with Crippen molar-refractivity contribution in [1.29, 1.82) is 0 Å². The quantitative estimate of drug-likeness (QED) is 0.0182. The second-order valence-corrected chi connectivity index (χ2v) is 18.7. The number of aliphatic imine (C=N–C) groups is 2. The van der Waals surface area contributed by atoms with Crippen LogP contribution in [0.15, 0.2) is 58.5 Å². The van der Waals surface area contributed by atoms with Gasteiger partial charge in [0.2, 0.25) is 47.3 Å². The van der Waals surface area contributed by atoms with E-state index in [0.717, 1.165) is 0 Å². The van der Waals surface area contributed by atoms with Gasteiger partial charge in [-0.2, -0.15) is 0 Å². The minimum atomic E-state index is -1.72. The number of carboxylic acids is 1. The van der Waals surface area contributed by atoms with Crippen molar-refractivity contribution in [1.82, 2.24) is 37.2 Å². The highest BCUT2D eigenvalue weighted by Crippen LogP contribution is 2.15. The maximum absolute atomic E-state index is 14.5. The summed E-state index contributed by atoms with van der Waals surface area (Å²) in [5, 5.41) is 56.1. The lowest BCUT2D eigenvalue weighted by Gasteiger charge is -2.29. The summed E-state index contributed by atoms with van der Waals surface area (Å²) in [6, 6.07) is -0.197. The maximum atomic E-state index is 14.5. The Morgan fingerprint density at radius 3 is 1.36 bits per heavy atom. The van der Waals surface area contributed by atoms with Gasteiger partial charge in [-0.3, -0.25) is 48.3 Å². The number of amides is 8. The highest BCUT2D eigenvalue weighted by molar-refractivity contribution is 5.98. The van der Waals surface area contributed by atoms with Crippen molar-refractivity contribution in [3.8, 4) is 11.5 Å². The number of nitrogens with two attached hydrogens (primary N) is 6. The third kappa shape index (κ3) is 23.7. The van der Waals surface area contributed by atoms with Gasteiger partial charge in [0.15, 0.2) is 11.9 Å². The number of hydrogen-bond donors (Lipinski definition) is 17. The van der Waals surface area contributed by atoms with Gasteiger partial charge in [-0.15, -0.1) is 0 Å². The second-order valence-electron chi connectivity index (χ2n) is 18.7. The lowest BCUT2D eigenvalue weighted by molar-refractivity contribution is -0.143. The minimum Gasteiger partial charge on any atom is -0.508 e. The van der Waals surface area contributed by atoms with E-state index in [1.54, 1.807) is 39.8 Å². The zero-order chi connectivity index (χ0) is 57.2. The van der Waals surface area contributed by atoms with Crippen LogP contribution in [0.5, 0.6) is 11.5 Å². The van der Waals surface area contributed by atoms with E-state index in [0.29, 0.717) is 11.1 Å². The van der Waals surface area contributed by atoms with Crippen molar-refractivity contribution >= 4 is 65.1 Å². The molecule has 0 bridgehead atoms. The number of aliphatic hydroxyl groups is 1. The number of rotatable bonds is 33.